The van der Waals surface area contributed by atoms with E-state index in [1.54, 1.807) is 4.68 Å². The number of benzene rings is 1. The fourth-order valence-electron chi connectivity index (χ4n) is 1.77. The lowest BCUT2D eigenvalue weighted by Gasteiger charge is -2.04. The van der Waals surface area contributed by atoms with Gasteiger partial charge in [-0.15, -0.1) is 5.10 Å². The lowest BCUT2D eigenvalue weighted by atomic mass is 10.2. The Labute approximate surface area is 97.4 Å². The molecule has 0 spiro atoms. The Hall–Kier alpha value is -2.08. The molecular weight excluding hydrogens is 222 g/mol. The molecule has 1 aliphatic rings. The molecule has 0 saturated carbocycles. The second-order valence-corrected chi connectivity index (χ2v) is 3.73. The molecule has 2 aromatic rings. The van der Waals surface area contributed by atoms with Crippen LogP contribution in [0.2, 0.25) is 0 Å². The minimum atomic E-state index is -0.115. The monoisotopic (exact) mass is 233 g/mol. The van der Waals surface area contributed by atoms with E-state index in [0.717, 1.165) is 17.1 Å². The zero-order valence-corrected chi connectivity index (χ0v) is 9.25. The third-order valence-corrected chi connectivity index (χ3v) is 2.74. The van der Waals surface area contributed by atoms with Gasteiger partial charge in [0, 0.05) is 6.07 Å². The smallest absolute Gasteiger partial charge is 0.231 e. The topological polar surface area (TPSA) is 69.4 Å². The van der Waals surface area contributed by atoms with Crippen molar-refractivity contribution < 1.29 is 14.6 Å². The fourth-order valence-corrected chi connectivity index (χ4v) is 1.77. The van der Waals surface area contributed by atoms with E-state index in [-0.39, 0.29) is 13.4 Å². The van der Waals surface area contributed by atoms with E-state index in [1.165, 1.54) is 0 Å². The molecule has 6 nitrogen and oxygen atoms in total. The van der Waals surface area contributed by atoms with Crippen LogP contribution in [0, 0.1) is 6.92 Å². The summed E-state index contributed by atoms with van der Waals surface area (Å²) in [5.74, 6) is 1.43. The highest BCUT2D eigenvalue weighted by Gasteiger charge is 2.16. The van der Waals surface area contributed by atoms with Crippen LogP contribution in [0.3, 0.4) is 0 Å². The summed E-state index contributed by atoms with van der Waals surface area (Å²) in [6.45, 7) is 1.99. The van der Waals surface area contributed by atoms with Gasteiger partial charge in [-0.1, -0.05) is 5.21 Å². The zero-order chi connectivity index (χ0) is 11.8. The van der Waals surface area contributed by atoms with Crippen molar-refractivity contribution in [2.24, 2.45) is 0 Å². The number of aliphatic hydroxyl groups is 1. The number of hydrogen-bond acceptors (Lipinski definition) is 5. The molecule has 2 heterocycles. The van der Waals surface area contributed by atoms with Crippen molar-refractivity contribution in [1.29, 1.82) is 0 Å². The van der Waals surface area contributed by atoms with Crippen LogP contribution in [0.4, 0.5) is 0 Å². The maximum Gasteiger partial charge on any atom is 0.231 e. The Morgan fingerprint density at radius 2 is 2.18 bits per heavy atom. The number of aliphatic hydroxyl groups excluding tert-OH is 1. The van der Waals surface area contributed by atoms with Gasteiger partial charge in [-0.2, -0.15) is 0 Å². The molecule has 0 fully saturated rings. The maximum absolute atomic E-state index is 9.07. The molecule has 88 valence electrons. The van der Waals surface area contributed by atoms with E-state index in [1.807, 2.05) is 25.1 Å². The van der Waals surface area contributed by atoms with E-state index in [2.05, 4.69) is 10.3 Å². The van der Waals surface area contributed by atoms with Crippen molar-refractivity contribution >= 4 is 0 Å². The van der Waals surface area contributed by atoms with Crippen molar-refractivity contribution in [2.75, 3.05) is 6.79 Å². The van der Waals surface area contributed by atoms with Gasteiger partial charge in [-0.25, -0.2) is 4.68 Å². The average Bonchev–Trinajstić information content (AvgIpc) is 2.94. The van der Waals surface area contributed by atoms with Gasteiger partial charge in [-0.3, -0.25) is 0 Å². The van der Waals surface area contributed by atoms with Crippen molar-refractivity contribution in [1.82, 2.24) is 15.0 Å². The summed E-state index contributed by atoms with van der Waals surface area (Å²) < 4.78 is 12.2. The van der Waals surface area contributed by atoms with Crippen LogP contribution in [0.15, 0.2) is 18.2 Å². The molecule has 0 radical (unpaired) electrons. The third kappa shape index (κ3) is 1.53. The second-order valence-electron chi connectivity index (χ2n) is 3.73. The Bertz CT molecular complexity index is 565. The molecule has 3 rings (SSSR count). The Morgan fingerprint density at radius 3 is 2.94 bits per heavy atom. The summed E-state index contributed by atoms with van der Waals surface area (Å²) in [7, 11) is 0. The molecule has 17 heavy (non-hydrogen) atoms. The first kappa shape index (κ1) is 10.1. The lowest BCUT2D eigenvalue weighted by molar-refractivity contribution is 0.174. The van der Waals surface area contributed by atoms with Gasteiger partial charge in [0.15, 0.2) is 11.5 Å². The number of hydrogen-bond donors (Lipinski definition) is 1. The lowest BCUT2D eigenvalue weighted by Crippen LogP contribution is -1.99. The van der Waals surface area contributed by atoms with E-state index in [4.69, 9.17) is 14.6 Å². The van der Waals surface area contributed by atoms with E-state index >= 15 is 0 Å². The second kappa shape index (κ2) is 3.74. The molecule has 1 aromatic carbocycles. The normalized spacial score (nSPS) is 13.1. The van der Waals surface area contributed by atoms with Crippen LogP contribution < -0.4 is 9.47 Å². The molecule has 0 aliphatic carbocycles. The Kier molecular flexibility index (Phi) is 2.22. The predicted molar refractivity (Wildman–Crippen MR) is 58.1 cm³/mol. The molecular formula is C11H11N3O3. The number of nitrogens with zero attached hydrogens (tertiary/aromatic N) is 3. The summed E-state index contributed by atoms with van der Waals surface area (Å²) in [5.41, 5.74) is 2.22. The summed E-state index contributed by atoms with van der Waals surface area (Å²) in [4.78, 5) is 0. The van der Waals surface area contributed by atoms with Gasteiger partial charge >= 0.3 is 0 Å². The SMILES string of the molecule is Cc1c(CO)nnn1-c1ccc2c(c1)OCO2. The summed E-state index contributed by atoms with van der Waals surface area (Å²) in [6.07, 6.45) is 0. The number of aromatic nitrogens is 3. The van der Waals surface area contributed by atoms with Crippen LogP contribution in [-0.4, -0.2) is 26.9 Å². The van der Waals surface area contributed by atoms with Gasteiger partial charge in [0.1, 0.15) is 5.69 Å². The standard InChI is InChI=1S/C11H11N3O3/c1-7-9(5-15)12-13-14(7)8-2-3-10-11(4-8)17-6-16-10/h2-4,15H,5-6H2,1H3. The summed E-state index contributed by atoms with van der Waals surface area (Å²) in [5, 5.41) is 17.0. The number of ether oxygens (including phenoxy) is 2. The minimum Gasteiger partial charge on any atom is -0.454 e. The third-order valence-electron chi connectivity index (χ3n) is 2.74. The van der Waals surface area contributed by atoms with Crippen LogP contribution in [-0.2, 0) is 6.61 Å². The van der Waals surface area contributed by atoms with E-state index in [0.29, 0.717) is 11.4 Å². The van der Waals surface area contributed by atoms with Crippen LogP contribution >= 0.6 is 0 Å². The fraction of sp³-hybridized carbons (Fsp3) is 0.273. The van der Waals surface area contributed by atoms with Crippen LogP contribution in [0.1, 0.15) is 11.4 Å². The average molecular weight is 233 g/mol. The van der Waals surface area contributed by atoms with Crippen molar-refractivity contribution in [3.63, 3.8) is 0 Å². The Morgan fingerprint density at radius 1 is 1.35 bits per heavy atom. The molecule has 1 aromatic heterocycles. The van der Waals surface area contributed by atoms with Crippen LogP contribution in [0.5, 0.6) is 11.5 Å². The largest absolute Gasteiger partial charge is 0.454 e. The highest BCUT2D eigenvalue weighted by Crippen LogP contribution is 2.33. The van der Waals surface area contributed by atoms with Gasteiger partial charge in [0.25, 0.3) is 0 Å². The van der Waals surface area contributed by atoms with Crippen LogP contribution in [0.25, 0.3) is 5.69 Å². The number of fused-ring (bicyclic) bond motifs is 1. The van der Waals surface area contributed by atoms with Gasteiger partial charge < -0.3 is 14.6 Å². The first-order valence-electron chi connectivity index (χ1n) is 5.21. The van der Waals surface area contributed by atoms with Gasteiger partial charge in [0.2, 0.25) is 6.79 Å². The maximum atomic E-state index is 9.07. The first-order chi connectivity index (χ1) is 8.29. The predicted octanol–water partition coefficient (Wildman–Crippen LogP) is 0.797. The van der Waals surface area contributed by atoms with Gasteiger partial charge in [0.05, 0.1) is 18.0 Å². The molecule has 6 heteroatoms. The molecule has 0 bridgehead atoms. The summed E-state index contributed by atoms with van der Waals surface area (Å²) >= 11 is 0. The Balaban J connectivity index is 2.06. The molecule has 0 saturated heterocycles. The zero-order valence-electron chi connectivity index (χ0n) is 9.25. The highest BCUT2D eigenvalue weighted by atomic mass is 16.7. The summed E-state index contributed by atoms with van der Waals surface area (Å²) in [6, 6.07) is 5.54. The van der Waals surface area contributed by atoms with E-state index < -0.39 is 0 Å². The van der Waals surface area contributed by atoms with Crippen molar-refractivity contribution in [2.45, 2.75) is 13.5 Å². The van der Waals surface area contributed by atoms with Crippen molar-refractivity contribution in [3.05, 3.63) is 29.6 Å². The highest BCUT2D eigenvalue weighted by molar-refractivity contribution is 5.50. The van der Waals surface area contributed by atoms with Gasteiger partial charge in [-0.05, 0) is 19.1 Å². The molecule has 0 unspecified atom stereocenters. The first-order valence-corrected chi connectivity index (χ1v) is 5.21. The molecule has 1 N–H and O–H groups in total. The quantitative estimate of drug-likeness (QED) is 0.830. The molecule has 0 amide bonds. The van der Waals surface area contributed by atoms with E-state index in [9.17, 15) is 0 Å². The molecule has 1 aliphatic heterocycles. The number of rotatable bonds is 2. The minimum absolute atomic E-state index is 0.115. The molecule has 0 atom stereocenters. The van der Waals surface area contributed by atoms with Crippen molar-refractivity contribution in [3.8, 4) is 17.2 Å².